The van der Waals surface area contributed by atoms with Crippen molar-refractivity contribution in [3.05, 3.63) is 89.1 Å². The smallest absolute Gasteiger partial charge is 0.256 e. The molecule has 0 spiro atoms. The molecule has 1 aromatic carbocycles. The van der Waals surface area contributed by atoms with Crippen LogP contribution in [-0.2, 0) is 6.42 Å². The van der Waals surface area contributed by atoms with Crippen LogP contribution in [0, 0.1) is 5.82 Å². The van der Waals surface area contributed by atoms with Crippen molar-refractivity contribution in [2.75, 3.05) is 13.1 Å². The van der Waals surface area contributed by atoms with Crippen LogP contribution in [0.15, 0.2) is 64.9 Å². The summed E-state index contributed by atoms with van der Waals surface area (Å²) >= 11 is 1.47. The van der Waals surface area contributed by atoms with Crippen LogP contribution < -0.4 is 0 Å². The quantitative estimate of drug-likeness (QED) is 0.432. The van der Waals surface area contributed by atoms with E-state index in [1.54, 1.807) is 42.3 Å². The molecule has 4 heterocycles. The van der Waals surface area contributed by atoms with Crippen LogP contribution in [0.3, 0.4) is 0 Å². The summed E-state index contributed by atoms with van der Waals surface area (Å²) in [6, 6.07) is 9.97. The van der Waals surface area contributed by atoms with Crippen LogP contribution in [0.1, 0.15) is 46.3 Å². The molecule has 0 saturated carbocycles. The summed E-state index contributed by atoms with van der Waals surface area (Å²) in [4.78, 5) is 29.1. The Labute approximate surface area is 188 Å². The van der Waals surface area contributed by atoms with Gasteiger partial charge in [0.1, 0.15) is 11.6 Å². The van der Waals surface area contributed by atoms with Crippen LogP contribution in [0.5, 0.6) is 0 Å². The highest BCUT2D eigenvalue weighted by atomic mass is 32.1. The summed E-state index contributed by atoms with van der Waals surface area (Å²) in [5.41, 5.74) is 3.95. The molecular weight excluding hydrogens is 427 g/mol. The maximum atomic E-state index is 13.4. The number of halogens is 1. The van der Waals surface area contributed by atoms with Crippen LogP contribution in [-0.4, -0.2) is 38.8 Å². The third kappa shape index (κ3) is 4.31. The fourth-order valence-corrected chi connectivity index (χ4v) is 4.67. The van der Waals surface area contributed by atoms with Crippen molar-refractivity contribution in [2.45, 2.75) is 25.2 Å². The third-order valence-corrected chi connectivity index (χ3v) is 6.40. The minimum absolute atomic E-state index is 0.0377. The number of hydrogen-bond donors (Lipinski definition) is 0. The predicted molar refractivity (Wildman–Crippen MR) is 119 cm³/mol. The number of amides is 1. The van der Waals surface area contributed by atoms with Crippen molar-refractivity contribution in [2.24, 2.45) is 0 Å². The highest BCUT2D eigenvalue weighted by Gasteiger charge is 2.30. The van der Waals surface area contributed by atoms with Crippen molar-refractivity contribution in [1.82, 2.24) is 19.9 Å². The van der Waals surface area contributed by atoms with Gasteiger partial charge in [0, 0.05) is 31.9 Å². The molecule has 4 aromatic rings. The maximum Gasteiger partial charge on any atom is 0.256 e. The Morgan fingerprint density at radius 3 is 2.88 bits per heavy atom. The number of aromatic nitrogens is 3. The molecule has 0 aliphatic carbocycles. The normalized spacial score (nSPS) is 16.3. The van der Waals surface area contributed by atoms with Gasteiger partial charge >= 0.3 is 0 Å². The second-order valence-electron chi connectivity index (χ2n) is 7.82. The molecule has 1 saturated heterocycles. The summed E-state index contributed by atoms with van der Waals surface area (Å²) in [6.07, 6.45) is 7.49. The standard InChI is InChI=1S/C24H21FN4O2S/c25-18-7-5-16(6-8-18)11-19-12-28-23(31-19)17-3-2-10-29(14-17)24(30)20-4-1-9-27-22(20)21-13-26-15-32-21/h1,4-9,12-13,15,17H,2-3,10-11,14H2. The highest BCUT2D eigenvalue weighted by molar-refractivity contribution is 7.13. The van der Waals surface area contributed by atoms with Gasteiger partial charge in [-0.2, -0.15) is 0 Å². The molecule has 0 bridgehead atoms. The first kappa shape index (κ1) is 20.5. The molecule has 1 unspecified atom stereocenters. The van der Waals surface area contributed by atoms with E-state index in [1.165, 1.54) is 23.5 Å². The van der Waals surface area contributed by atoms with E-state index in [0.717, 1.165) is 29.0 Å². The van der Waals surface area contributed by atoms with E-state index in [9.17, 15) is 9.18 Å². The first-order valence-electron chi connectivity index (χ1n) is 10.5. The molecule has 0 N–H and O–H groups in total. The molecule has 1 aliphatic rings. The van der Waals surface area contributed by atoms with Gasteiger partial charge in [-0.05, 0) is 42.7 Å². The van der Waals surface area contributed by atoms with E-state index in [1.807, 2.05) is 11.0 Å². The largest absolute Gasteiger partial charge is 0.445 e. The Morgan fingerprint density at radius 2 is 2.06 bits per heavy atom. The molecule has 32 heavy (non-hydrogen) atoms. The average molecular weight is 449 g/mol. The molecule has 1 aliphatic heterocycles. The minimum Gasteiger partial charge on any atom is -0.445 e. The maximum absolute atomic E-state index is 13.4. The van der Waals surface area contributed by atoms with Crippen molar-refractivity contribution in [1.29, 1.82) is 0 Å². The van der Waals surface area contributed by atoms with Gasteiger partial charge in [-0.3, -0.25) is 14.8 Å². The number of pyridine rings is 1. The van der Waals surface area contributed by atoms with Crippen LogP contribution in [0.25, 0.3) is 10.6 Å². The molecule has 5 rings (SSSR count). The molecule has 1 atom stereocenters. The zero-order valence-electron chi connectivity index (χ0n) is 17.3. The number of thiazole rings is 1. The van der Waals surface area contributed by atoms with Crippen LogP contribution in [0.4, 0.5) is 4.39 Å². The number of carbonyl (C=O) groups excluding carboxylic acids is 1. The van der Waals surface area contributed by atoms with Gasteiger partial charge in [0.2, 0.25) is 0 Å². The van der Waals surface area contributed by atoms with E-state index >= 15 is 0 Å². The third-order valence-electron chi connectivity index (χ3n) is 5.62. The van der Waals surface area contributed by atoms with Gasteiger partial charge in [-0.1, -0.05) is 12.1 Å². The lowest BCUT2D eigenvalue weighted by atomic mass is 9.97. The molecule has 162 valence electrons. The van der Waals surface area contributed by atoms with Crippen LogP contribution in [0.2, 0.25) is 0 Å². The molecular formula is C24H21FN4O2S. The SMILES string of the molecule is O=C(c1cccnc1-c1cncs1)N1CCCC(c2ncc(Cc3ccc(F)cc3)o2)C1. The summed E-state index contributed by atoms with van der Waals surface area (Å²) in [5.74, 6) is 1.12. The van der Waals surface area contributed by atoms with Gasteiger partial charge in [-0.25, -0.2) is 9.37 Å². The Morgan fingerprint density at radius 1 is 1.19 bits per heavy atom. The zero-order chi connectivity index (χ0) is 21.9. The van der Waals surface area contributed by atoms with E-state index < -0.39 is 0 Å². The number of benzene rings is 1. The van der Waals surface area contributed by atoms with E-state index in [2.05, 4.69) is 15.0 Å². The Hall–Kier alpha value is -3.39. The van der Waals surface area contributed by atoms with Crippen molar-refractivity contribution in [3.63, 3.8) is 0 Å². The molecule has 6 nitrogen and oxygen atoms in total. The first-order chi connectivity index (χ1) is 15.7. The van der Waals surface area contributed by atoms with E-state index in [0.29, 0.717) is 36.7 Å². The second-order valence-corrected chi connectivity index (χ2v) is 8.71. The van der Waals surface area contributed by atoms with Gasteiger partial charge in [-0.15, -0.1) is 11.3 Å². The van der Waals surface area contributed by atoms with Gasteiger partial charge in [0.25, 0.3) is 5.91 Å². The Balaban J connectivity index is 1.31. The number of likely N-dealkylation sites (tertiary alicyclic amines) is 1. The summed E-state index contributed by atoms with van der Waals surface area (Å²) in [6.45, 7) is 1.24. The monoisotopic (exact) mass is 448 g/mol. The molecule has 1 fully saturated rings. The fraction of sp³-hybridized carbons (Fsp3) is 0.250. The number of hydrogen-bond acceptors (Lipinski definition) is 6. The first-order valence-corrected chi connectivity index (χ1v) is 11.4. The number of nitrogens with zero attached hydrogens (tertiary/aromatic N) is 4. The van der Waals surface area contributed by atoms with Gasteiger partial charge < -0.3 is 9.32 Å². The summed E-state index contributed by atoms with van der Waals surface area (Å²) in [5, 5.41) is 0. The lowest BCUT2D eigenvalue weighted by Crippen LogP contribution is -2.39. The molecule has 1 amide bonds. The number of piperidine rings is 1. The fourth-order valence-electron chi connectivity index (χ4n) is 4.04. The van der Waals surface area contributed by atoms with Crippen LogP contribution >= 0.6 is 11.3 Å². The minimum atomic E-state index is -0.258. The summed E-state index contributed by atoms with van der Waals surface area (Å²) in [7, 11) is 0. The van der Waals surface area contributed by atoms with Crippen molar-refractivity contribution in [3.8, 4) is 10.6 Å². The second kappa shape index (κ2) is 9.00. The molecule has 3 aromatic heterocycles. The predicted octanol–water partition coefficient (Wildman–Crippen LogP) is 4.94. The summed E-state index contributed by atoms with van der Waals surface area (Å²) < 4.78 is 19.1. The van der Waals surface area contributed by atoms with Crippen molar-refractivity contribution < 1.29 is 13.6 Å². The average Bonchev–Trinajstić information content (AvgIpc) is 3.53. The van der Waals surface area contributed by atoms with E-state index in [4.69, 9.17) is 4.42 Å². The van der Waals surface area contributed by atoms with E-state index in [-0.39, 0.29) is 17.6 Å². The number of rotatable bonds is 5. The number of carbonyl (C=O) groups is 1. The molecule has 8 heteroatoms. The topological polar surface area (TPSA) is 72.1 Å². The lowest BCUT2D eigenvalue weighted by molar-refractivity contribution is 0.0698. The lowest BCUT2D eigenvalue weighted by Gasteiger charge is -2.31. The highest BCUT2D eigenvalue weighted by Crippen LogP contribution is 2.30. The Bertz CT molecular complexity index is 1210. The zero-order valence-corrected chi connectivity index (χ0v) is 18.1. The van der Waals surface area contributed by atoms with Gasteiger partial charge in [0.15, 0.2) is 5.89 Å². The van der Waals surface area contributed by atoms with Crippen molar-refractivity contribution >= 4 is 17.2 Å². The Kier molecular flexibility index (Phi) is 5.77. The number of oxazole rings is 1. The molecule has 0 radical (unpaired) electrons. The van der Waals surface area contributed by atoms with Gasteiger partial charge in [0.05, 0.1) is 33.8 Å².